The molecule has 1 aromatic heterocycles. The van der Waals surface area contributed by atoms with E-state index < -0.39 is 18.3 Å². The van der Waals surface area contributed by atoms with Gasteiger partial charge in [-0.05, 0) is 39.8 Å². The van der Waals surface area contributed by atoms with Gasteiger partial charge in [-0.2, -0.15) is 0 Å². The fourth-order valence-corrected chi connectivity index (χ4v) is 6.30. The van der Waals surface area contributed by atoms with Crippen LogP contribution >= 0.6 is 0 Å². The Morgan fingerprint density at radius 2 is 0.721 bits per heavy atom. The number of hydrogen-bond acceptors (Lipinski definition) is 3. The molecule has 0 aliphatic carbocycles. The molecule has 0 saturated heterocycles. The summed E-state index contributed by atoms with van der Waals surface area (Å²) >= 11 is 0. The average Bonchev–Trinajstić information content (AvgIpc) is 3.09. The normalized spacial score (nSPS) is 15.9. The first-order valence-electron chi connectivity index (χ1n) is 14.8. The fourth-order valence-electron chi connectivity index (χ4n) is 6.30. The molecule has 0 spiro atoms. The molecule has 0 fully saturated rings. The second kappa shape index (κ2) is 11.8. The highest BCUT2D eigenvalue weighted by molar-refractivity contribution is 6.61. The molecular weight excluding hydrogens is 525 g/mol. The maximum Gasteiger partial charge on any atom is 0.495 e. The van der Waals surface area contributed by atoms with Crippen LogP contribution in [0.3, 0.4) is 0 Å². The van der Waals surface area contributed by atoms with Gasteiger partial charge < -0.3 is 9.31 Å². The molecule has 0 atom stereocenters. The van der Waals surface area contributed by atoms with E-state index in [1.165, 1.54) is 0 Å². The summed E-state index contributed by atoms with van der Waals surface area (Å²) in [4.78, 5) is 5.26. The van der Waals surface area contributed by atoms with Crippen LogP contribution in [0.15, 0.2) is 170 Å². The van der Waals surface area contributed by atoms with Crippen LogP contribution < -0.4 is 5.46 Å². The predicted molar refractivity (Wildman–Crippen MR) is 173 cm³/mol. The molecule has 0 unspecified atom stereocenters. The standard InChI is InChI=1S/C39H32BNO2/c1-6-17-31(18-7-1)38(32-19-8-2-9-20-32)29-36-27-16-28-37(41-36)30-39(33-21-10-3-11-22-33,34-23-12-4-13-24-34)43-40(42-38)35-25-14-5-15-26-35/h1-28H,29-30H2. The Hall–Kier alpha value is -4.77. The van der Waals surface area contributed by atoms with Crippen LogP contribution in [0.1, 0.15) is 33.6 Å². The Morgan fingerprint density at radius 3 is 1.07 bits per heavy atom. The highest BCUT2D eigenvalue weighted by Gasteiger charge is 2.47. The Bertz CT molecular complexity index is 1570. The first-order valence-corrected chi connectivity index (χ1v) is 14.8. The van der Waals surface area contributed by atoms with Crippen LogP contribution in [0.5, 0.6) is 0 Å². The third-order valence-corrected chi connectivity index (χ3v) is 8.37. The quantitative estimate of drug-likeness (QED) is 0.206. The average molecular weight is 558 g/mol. The molecule has 6 aromatic rings. The summed E-state index contributed by atoms with van der Waals surface area (Å²) < 4.78 is 15.0. The minimum atomic E-state index is -0.884. The van der Waals surface area contributed by atoms with E-state index in [1.54, 1.807) is 0 Å². The van der Waals surface area contributed by atoms with E-state index in [9.17, 15) is 0 Å². The second-order valence-electron chi connectivity index (χ2n) is 11.1. The van der Waals surface area contributed by atoms with Gasteiger partial charge in [0, 0.05) is 24.2 Å². The molecule has 4 heteroatoms. The minimum absolute atomic E-state index is 0.547. The summed E-state index contributed by atoms with van der Waals surface area (Å²) in [5.74, 6) is 0. The van der Waals surface area contributed by atoms with Crippen molar-refractivity contribution in [3.8, 4) is 0 Å². The highest BCUT2D eigenvalue weighted by Crippen LogP contribution is 2.43. The van der Waals surface area contributed by atoms with Gasteiger partial charge in [-0.25, -0.2) is 0 Å². The molecule has 208 valence electrons. The molecule has 7 rings (SSSR count). The van der Waals surface area contributed by atoms with Gasteiger partial charge >= 0.3 is 7.12 Å². The molecule has 2 bridgehead atoms. The van der Waals surface area contributed by atoms with Crippen molar-refractivity contribution in [2.45, 2.75) is 24.0 Å². The molecular formula is C39H32BNO2. The van der Waals surface area contributed by atoms with E-state index in [2.05, 4.69) is 127 Å². The van der Waals surface area contributed by atoms with Crippen molar-refractivity contribution in [3.05, 3.63) is 203 Å². The number of nitrogens with zero attached hydrogens (tertiary/aromatic N) is 1. The molecule has 2 heterocycles. The van der Waals surface area contributed by atoms with Crippen molar-refractivity contribution in [3.63, 3.8) is 0 Å². The molecule has 0 saturated carbocycles. The van der Waals surface area contributed by atoms with E-state index in [4.69, 9.17) is 14.3 Å². The third-order valence-electron chi connectivity index (χ3n) is 8.37. The van der Waals surface area contributed by atoms with Gasteiger partial charge in [0.2, 0.25) is 0 Å². The number of hydrogen-bond donors (Lipinski definition) is 0. The van der Waals surface area contributed by atoms with Crippen LogP contribution in [-0.4, -0.2) is 12.1 Å². The van der Waals surface area contributed by atoms with Gasteiger partial charge in [-0.15, -0.1) is 0 Å². The van der Waals surface area contributed by atoms with E-state index in [0.717, 1.165) is 39.1 Å². The summed E-state index contributed by atoms with van der Waals surface area (Å²) in [7, 11) is -0.717. The molecule has 43 heavy (non-hydrogen) atoms. The number of aromatic nitrogens is 1. The summed E-state index contributed by atoms with van der Waals surface area (Å²) in [6, 6.07) is 58.6. The van der Waals surface area contributed by atoms with Crippen molar-refractivity contribution < 1.29 is 9.31 Å². The second-order valence-corrected chi connectivity index (χ2v) is 11.1. The van der Waals surface area contributed by atoms with Crippen LogP contribution in [0.2, 0.25) is 0 Å². The number of rotatable bonds is 5. The minimum Gasteiger partial charge on any atom is -0.393 e. The molecule has 5 aromatic carbocycles. The first-order chi connectivity index (χ1) is 21.3. The van der Waals surface area contributed by atoms with E-state index in [1.807, 2.05) is 42.5 Å². The lowest BCUT2D eigenvalue weighted by Crippen LogP contribution is -2.52. The number of fused-ring (bicyclic) bond motifs is 2. The summed E-state index contributed by atoms with van der Waals surface area (Å²) in [5, 5.41) is 0. The number of pyridine rings is 1. The summed E-state index contributed by atoms with van der Waals surface area (Å²) in [5.41, 5.74) is 5.30. The van der Waals surface area contributed by atoms with Crippen molar-refractivity contribution in [1.29, 1.82) is 0 Å². The van der Waals surface area contributed by atoms with Gasteiger partial charge in [0.1, 0.15) is 11.2 Å². The van der Waals surface area contributed by atoms with Crippen LogP contribution in [0, 0.1) is 0 Å². The fraction of sp³-hybridized carbons (Fsp3) is 0.103. The highest BCUT2D eigenvalue weighted by atomic mass is 16.6. The van der Waals surface area contributed by atoms with E-state index >= 15 is 0 Å². The van der Waals surface area contributed by atoms with Crippen LogP contribution in [0.4, 0.5) is 0 Å². The summed E-state index contributed by atoms with van der Waals surface area (Å²) in [6.07, 6.45) is 1.09. The summed E-state index contributed by atoms with van der Waals surface area (Å²) in [6.45, 7) is 0. The lowest BCUT2D eigenvalue weighted by molar-refractivity contribution is 0.0193. The molecule has 1 aliphatic heterocycles. The van der Waals surface area contributed by atoms with Gasteiger partial charge in [-0.3, -0.25) is 4.98 Å². The zero-order chi connectivity index (χ0) is 29.0. The topological polar surface area (TPSA) is 31.4 Å². The van der Waals surface area contributed by atoms with Gasteiger partial charge in [0.15, 0.2) is 0 Å². The smallest absolute Gasteiger partial charge is 0.393 e. The number of benzene rings is 5. The van der Waals surface area contributed by atoms with Crippen LogP contribution in [0.25, 0.3) is 0 Å². The molecule has 1 aliphatic rings. The Morgan fingerprint density at radius 1 is 0.395 bits per heavy atom. The molecule has 3 nitrogen and oxygen atoms in total. The van der Waals surface area contributed by atoms with Crippen molar-refractivity contribution in [2.24, 2.45) is 0 Å². The largest absolute Gasteiger partial charge is 0.495 e. The van der Waals surface area contributed by atoms with Gasteiger partial charge in [-0.1, -0.05) is 158 Å². The Balaban J connectivity index is 1.53. The van der Waals surface area contributed by atoms with Crippen molar-refractivity contribution in [1.82, 2.24) is 4.98 Å². The lowest BCUT2D eigenvalue weighted by Gasteiger charge is -2.43. The van der Waals surface area contributed by atoms with Gasteiger partial charge in [0.25, 0.3) is 0 Å². The van der Waals surface area contributed by atoms with Crippen molar-refractivity contribution >= 4 is 12.6 Å². The molecule has 0 N–H and O–H groups in total. The maximum absolute atomic E-state index is 7.51. The van der Waals surface area contributed by atoms with E-state index in [0.29, 0.717) is 12.8 Å². The van der Waals surface area contributed by atoms with E-state index in [-0.39, 0.29) is 0 Å². The Kier molecular flexibility index (Phi) is 7.46. The molecule has 0 amide bonds. The zero-order valence-electron chi connectivity index (χ0n) is 23.9. The third kappa shape index (κ3) is 5.32. The monoisotopic (exact) mass is 557 g/mol. The van der Waals surface area contributed by atoms with Crippen LogP contribution in [-0.2, 0) is 33.4 Å². The molecule has 0 radical (unpaired) electrons. The van der Waals surface area contributed by atoms with Gasteiger partial charge in [0.05, 0.1) is 0 Å². The lowest BCUT2D eigenvalue weighted by atomic mass is 9.71. The van der Waals surface area contributed by atoms with Crippen molar-refractivity contribution in [2.75, 3.05) is 0 Å². The zero-order valence-corrected chi connectivity index (χ0v) is 23.9. The SMILES string of the molecule is c1ccc(B2OC(c3ccccc3)(c3ccccc3)Cc3cccc(n3)CC(c3ccccc3)(c3ccccc3)O2)cc1. The first kappa shape index (κ1) is 27.1. The predicted octanol–water partition coefficient (Wildman–Crippen LogP) is 7.50. The Labute approximate surface area is 254 Å². The maximum atomic E-state index is 7.51.